The SMILES string of the molecule is Cc1cc(C)c(-c2cc3c4cc(-c5c(C)cc(C)cc5C)cc5c6c(O)c(O)c(Sc7ccccc7)c7c8cc(-c9c(C)cc(C)cc9C)cc9c%10cc(-c%11c(C)cc(C)cc%11C)cc%11c%12c(Sc%13ccccc%13)c(O)c(O)c%13c(c2)c3c2c(c45)c(c67)c(c98)c(c%10%11)c2c%13%12)c(C)c1. The molecule has 4 nitrogen and oxygen atoms in total. The van der Waals surface area contributed by atoms with Gasteiger partial charge >= 0.3 is 0 Å². The third-order valence-corrected chi connectivity index (χ3v) is 24.0. The second-order valence-corrected chi connectivity index (χ2v) is 30.4. The van der Waals surface area contributed by atoms with Gasteiger partial charge in [0.15, 0.2) is 23.0 Å². The lowest BCUT2D eigenvalue weighted by atomic mass is 9.72. The number of phenols is 4. The first-order chi connectivity index (χ1) is 46.2. The Hall–Kier alpha value is -10.2. The molecule has 19 rings (SSSR count). The summed E-state index contributed by atoms with van der Waals surface area (Å²) >= 11 is 3.01. The Morgan fingerprint density at radius 1 is 0.208 bits per heavy atom. The average molecular weight is 1280 g/mol. The quantitative estimate of drug-likeness (QED) is 0.0690. The summed E-state index contributed by atoms with van der Waals surface area (Å²) in [7, 11) is 0. The highest BCUT2D eigenvalue weighted by Gasteiger charge is 2.38. The minimum absolute atomic E-state index is 0.148. The van der Waals surface area contributed by atoms with Crippen molar-refractivity contribution in [2.45, 2.75) is 103 Å². The topological polar surface area (TPSA) is 80.9 Å². The lowest BCUT2D eigenvalue weighted by molar-refractivity contribution is 0.400. The van der Waals surface area contributed by atoms with E-state index in [-0.39, 0.29) is 23.0 Å². The first-order valence-corrected chi connectivity index (χ1v) is 34.9. The van der Waals surface area contributed by atoms with Crippen LogP contribution in [0.5, 0.6) is 23.0 Å². The Labute approximate surface area is 564 Å². The minimum Gasteiger partial charge on any atom is -0.504 e. The van der Waals surface area contributed by atoms with Gasteiger partial charge in [-0.15, -0.1) is 0 Å². The molecule has 4 N–H and O–H groups in total. The van der Waals surface area contributed by atoms with E-state index in [2.05, 4.69) is 204 Å². The molecule has 0 aliphatic heterocycles. The van der Waals surface area contributed by atoms with Gasteiger partial charge in [0, 0.05) is 52.9 Å². The van der Waals surface area contributed by atoms with Crippen LogP contribution in [0.1, 0.15) is 66.8 Å². The van der Waals surface area contributed by atoms with Crippen molar-refractivity contribution < 1.29 is 20.4 Å². The number of hydrogen-bond donors (Lipinski definition) is 4. The maximum Gasteiger partial charge on any atom is 0.173 e. The Kier molecular flexibility index (Phi) is 11.7. The highest BCUT2D eigenvalue weighted by atomic mass is 32.2. The first-order valence-electron chi connectivity index (χ1n) is 33.3. The second kappa shape index (κ2) is 19.7. The number of phenolic OH excluding ortho intramolecular Hbond substituents is 4. The van der Waals surface area contributed by atoms with Crippen molar-refractivity contribution in [2.24, 2.45) is 0 Å². The first kappa shape index (κ1) is 57.2. The molecule has 19 aromatic carbocycles. The van der Waals surface area contributed by atoms with Crippen LogP contribution in [0.25, 0.3) is 174 Å². The van der Waals surface area contributed by atoms with Crippen LogP contribution in [0, 0.1) is 83.1 Å². The van der Waals surface area contributed by atoms with E-state index in [1.54, 1.807) is 0 Å². The molecule has 0 aliphatic carbocycles. The summed E-state index contributed by atoms with van der Waals surface area (Å²) in [5, 5.41) is 77.9. The van der Waals surface area contributed by atoms with Gasteiger partial charge in [-0.1, -0.05) is 131 Å². The van der Waals surface area contributed by atoms with E-state index in [1.165, 1.54) is 68.0 Å². The van der Waals surface area contributed by atoms with E-state index >= 15 is 0 Å². The maximum absolute atomic E-state index is 13.8. The standard InChI is InChI=1S/C90H66O4S2/c1-39-23-43(5)65(44(6)24-39)51-31-57-58-32-52(66-45(7)25-40(2)26-46(66)8)36-62-70(58)78-77-69(57)61(35-51)73-81-75(89(87(93)85(73)91)95-55-19-15-13-16-20-55)63-37-53(67-47(9)27-41(3)28-48(67)10)33-59-60-34-54(68-49(11)29-42(4)30-50(68)12)38-64-72(60)80(79(71(59)63)83(77)81)84(78)82-74(62)86(92)88(94)90(76(64)82)96-56-21-17-14-18-22-56/h13-38,91-94H,1-12H3. The zero-order chi connectivity index (χ0) is 65.8. The fraction of sp³-hybridized carbons (Fsp3) is 0.133. The smallest absolute Gasteiger partial charge is 0.173 e. The zero-order valence-corrected chi connectivity index (χ0v) is 57.2. The van der Waals surface area contributed by atoms with Crippen molar-refractivity contribution >= 4 is 153 Å². The van der Waals surface area contributed by atoms with Crippen LogP contribution >= 0.6 is 23.5 Å². The van der Waals surface area contributed by atoms with Crippen LogP contribution in [0.3, 0.4) is 0 Å². The van der Waals surface area contributed by atoms with E-state index in [0.717, 1.165) is 195 Å². The molecule has 6 heteroatoms. The van der Waals surface area contributed by atoms with Gasteiger partial charge in [0.1, 0.15) is 0 Å². The Balaban J connectivity index is 1.19. The number of aromatic hydroxyl groups is 4. The number of hydrogen-bond acceptors (Lipinski definition) is 6. The largest absolute Gasteiger partial charge is 0.504 e. The Morgan fingerprint density at radius 3 is 0.667 bits per heavy atom. The van der Waals surface area contributed by atoms with Gasteiger partial charge in [-0.2, -0.15) is 0 Å². The molecule has 0 saturated carbocycles. The molecule has 0 saturated heterocycles. The molecule has 0 aliphatic rings. The third kappa shape index (κ3) is 7.44. The molecular weight excluding hydrogens is 1210 g/mol. The number of rotatable bonds is 8. The van der Waals surface area contributed by atoms with Crippen molar-refractivity contribution in [1.82, 2.24) is 0 Å². The summed E-state index contributed by atoms with van der Waals surface area (Å²) in [5.74, 6) is -0.598. The van der Waals surface area contributed by atoms with Gasteiger partial charge in [-0.3, -0.25) is 0 Å². The molecule has 0 heterocycles. The second-order valence-electron chi connectivity index (χ2n) is 28.3. The Bertz CT molecular complexity index is 6140. The summed E-state index contributed by atoms with van der Waals surface area (Å²) in [6, 6.07) is 57.9. The summed E-state index contributed by atoms with van der Waals surface area (Å²) in [6.45, 7) is 26.4. The molecule has 462 valence electrons. The molecule has 0 spiro atoms. The van der Waals surface area contributed by atoms with Gasteiger partial charge in [0.25, 0.3) is 0 Å². The van der Waals surface area contributed by atoms with Crippen LogP contribution in [0.15, 0.2) is 177 Å². The van der Waals surface area contributed by atoms with Crippen LogP contribution in [-0.2, 0) is 0 Å². The lowest BCUT2D eigenvalue weighted by Gasteiger charge is -2.31. The van der Waals surface area contributed by atoms with Crippen molar-refractivity contribution in [3.63, 3.8) is 0 Å². The molecule has 0 aromatic heterocycles. The number of fused-ring (bicyclic) bond motifs is 6. The summed E-state index contributed by atoms with van der Waals surface area (Å²) < 4.78 is 0. The van der Waals surface area contributed by atoms with E-state index in [0.29, 0.717) is 20.6 Å². The molecular formula is C90H66O4S2. The zero-order valence-electron chi connectivity index (χ0n) is 55.6. The highest BCUT2D eigenvalue weighted by Crippen LogP contribution is 2.67. The van der Waals surface area contributed by atoms with Gasteiger partial charge in [-0.25, -0.2) is 0 Å². The molecule has 0 radical (unpaired) electrons. The average Bonchev–Trinajstić information content (AvgIpc) is 0.638. The van der Waals surface area contributed by atoms with Gasteiger partial charge < -0.3 is 20.4 Å². The normalized spacial score (nSPS) is 12.6. The molecule has 0 amide bonds. The van der Waals surface area contributed by atoms with Crippen LogP contribution in [0.4, 0.5) is 0 Å². The fourth-order valence-electron chi connectivity index (χ4n) is 19.0. The molecule has 19 aromatic rings. The molecule has 0 bridgehead atoms. The summed E-state index contributed by atoms with van der Waals surface area (Å²) in [5.41, 5.74) is 22.7. The van der Waals surface area contributed by atoms with Crippen LogP contribution in [0.2, 0.25) is 0 Å². The predicted octanol–water partition coefficient (Wildman–Crippen LogP) is 25.6. The molecule has 96 heavy (non-hydrogen) atoms. The van der Waals surface area contributed by atoms with E-state index in [4.69, 9.17) is 0 Å². The highest BCUT2D eigenvalue weighted by molar-refractivity contribution is 8.00. The van der Waals surface area contributed by atoms with Crippen molar-refractivity contribution in [3.8, 4) is 67.5 Å². The summed E-state index contributed by atoms with van der Waals surface area (Å²) in [6.07, 6.45) is 0. The monoisotopic (exact) mass is 1270 g/mol. The minimum atomic E-state index is -0.151. The van der Waals surface area contributed by atoms with Gasteiger partial charge in [-0.05, 0) is 331 Å². The van der Waals surface area contributed by atoms with E-state index in [1.807, 2.05) is 36.4 Å². The lowest BCUT2D eigenvalue weighted by Crippen LogP contribution is -2.03. The molecule has 0 unspecified atom stereocenters. The van der Waals surface area contributed by atoms with E-state index < -0.39 is 0 Å². The Morgan fingerprint density at radius 2 is 0.417 bits per heavy atom. The predicted molar refractivity (Wildman–Crippen MR) is 410 cm³/mol. The van der Waals surface area contributed by atoms with Crippen LogP contribution in [-0.4, -0.2) is 20.4 Å². The summed E-state index contributed by atoms with van der Waals surface area (Å²) in [4.78, 5) is 3.06. The van der Waals surface area contributed by atoms with Gasteiger partial charge in [0.2, 0.25) is 0 Å². The number of benzene rings is 19. The van der Waals surface area contributed by atoms with E-state index in [9.17, 15) is 20.4 Å². The fourth-order valence-corrected chi connectivity index (χ4v) is 21.1. The third-order valence-electron chi connectivity index (χ3n) is 21.8. The van der Waals surface area contributed by atoms with Crippen molar-refractivity contribution in [1.29, 1.82) is 0 Å². The molecule has 0 atom stereocenters. The van der Waals surface area contributed by atoms with Gasteiger partial charge in [0.05, 0.1) is 9.79 Å². The van der Waals surface area contributed by atoms with Crippen molar-refractivity contribution in [3.05, 3.63) is 224 Å². The molecule has 0 fully saturated rings. The maximum atomic E-state index is 13.8. The van der Waals surface area contributed by atoms with Crippen LogP contribution < -0.4 is 0 Å². The number of aryl methyl sites for hydroxylation is 12. The van der Waals surface area contributed by atoms with Crippen molar-refractivity contribution in [2.75, 3.05) is 0 Å².